The minimum absolute atomic E-state index is 0.0837. The Hall–Kier alpha value is -1.06. The molecule has 78 valence electrons. The minimum atomic E-state index is -0.0837. The highest BCUT2D eigenvalue weighted by Crippen LogP contribution is 2.25. The summed E-state index contributed by atoms with van der Waals surface area (Å²) >= 11 is 0. The first-order valence-electron chi connectivity index (χ1n) is 4.71. The molecule has 0 saturated carbocycles. The summed E-state index contributed by atoms with van der Waals surface area (Å²) in [6.07, 6.45) is 0. The lowest BCUT2D eigenvalue weighted by molar-refractivity contribution is 0.411. The second-order valence-corrected chi connectivity index (χ2v) is 3.52. The van der Waals surface area contributed by atoms with Crippen molar-refractivity contribution in [2.75, 3.05) is 13.7 Å². The Labute approximate surface area is 85.0 Å². The molecule has 4 N–H and O–H groups in total. The number of methoxy groups -OCH3 is 1. The maximum absolute atomic E-state index is 5.89. The zero-order valence-corrected chi connectivity index (χ0v) is 9.00. The lowest BCUT2D eigenvalue weighted by Crippen LogP contribution is -2.21. The van der Waals surface area contributed by atoms with Gasteiger partial charge in [0.1, 0.15) is 5.75 Å². The van der Waals surface area contributed by atoms with Gasteiger partial charge < -0.3 is 16.2 Å². The number of aryl methyl sites for hydroxylation is 2. The third kappa shape index (κ3) is 2.05. The fourth-order valence-corrected chi connectivity index (χ4v) is 1.56. The maximum atomic E-state index is 5.89. The number of rotatable bonds is 3. The van der Waals surface area contributed by atoms with Crippen molar-refractivity contribution in [1.82, 2.24) is 0 Å². The minimum Gasteiger partial charge on any atom is -0.496 e. The molecule has 14 heavy (non-hydrogen) atoms. The van der Waals surface area contributed by atoms with Crippen LogP contribution in [0, 0.1) is 13.8 Å². The van der Waals surface area contributed by atoms with Crippen LogP contribution in [0.2, 0.25) is 0 Å². The van der Waals surface area contributed by atoms with Gasteiger partial charge in [0.05, 0.1) is 7.11 Å². The zero-order chi connectivity index (χ0) is 10.7. The van der Waals surface area contributed by atoms with Gasteiger partial charge in [0.2, 0.25) is 0 Å². The molecule has 1 atom stereocenters. The summed E-state index contributed by atoms with van der Waals surface area (Å²) in [4.78, 5) is 0. The molecule has 0 fully saturated rings. The molecule has 0 aromatic heterocycles. The lowest BCUT2D eigenvalue weighted by Gasteiger charge is -2.15. The molecule has 1 rings (SSSR count). The van der Waals surface area contributed by atoms with Crippen molar-refractivity contribution in [2.45, 2.75) is 19.9 Å². The third-order valence-corrected chi connectivity index (χ3v) is 2.44. The topological polar surface area (TPSA) is 61.3 Å². The highest BCUT2D eigenvalue weighted by molar-refractivity contribution is 5.42. The van der Waals surface area contributed by atoms with Crippen LogP contribution in [-0.2, 0) is 0 Å². The van der Waals surface area contributed by atoms with Gasteiger partial charge in [-0.2, -0.15) is 0 Å². The van der Waals surface area contributed by atoms with Crippen molar-refractivity contribution in [3.8, 4) is 5.75 Å². The Morgan fingerprint density at radius 3 is 2.43 bits per heavy atom. The highest BCUT2D eigenvalue weighted by Gasteiger charge is 2.09. The van der Waals surface area contributed by atoms with Crippen LogP contribution in [0.25, 0.3) is 0 Å². The molecule has 0 aliphatic rings. The van der Waals surface area contributed by atoms with E-state index in [1.807, 2.05) is 26.0 Å². The Morgan fingerprint density at radius 2 is 1.93 bits per heavy atom. The van der Waals surface area contributed by atoms with E-state index in [-0.39, 0.29) is 6.04 Å². The SMILES string of the molecule is COc1cc(C)c([C@H](N)CN)cc1C. The second-order valence-electron chi connectivity index (χ2n) is 3.52. The van der Waals surface area contributed by atoms with Crippen molar-refractivity contribution in [1.29, 1.82) is 0 Å². The highest BCUT2D eigenvalue weighted by atomic mass is 16.5. The van der Waals surface area contributed by atoms with Crippen LogP contribution in [0.4, 0.5) is 0 Å². The lowest BCUT2D eigenvalue weighted by atomic mass is 9.99. The largest absolute Gasteiger partial charge is 0.496 e. The van der Waals surface area contributed by atoms with E-state index in [0.29, 0.717) is 6.54 Å². The number of nitrogens with two attached hydrogens (primary N) is 2. The van der Waals surface area contributed by atoms with Crippen molar-refractivity contribution in [3.63, 3.8) is 0 Å². The van der Waals surface area contributed by atoms with Crippen LogP contribution >= 0.6 is 0 Å². The molecule has 0 aliphatic heterocycles. The maximum Gasteiger partial charge on any atom is 0.122 e. The summed E-state index contributed by atoms with van der Waals surface area (Å²) in [5.74, 6) is 0.899. The van der Waals surface area contributed by atoms with Gasteiger partial charge in [-0.3, -0.25) is 0 Å². The number of hydrogen-bond acceptors (Lipinski definition) is 3. The number of ether oxygens (including phenoxy) is 1. The smallest absolute Gasteiger partial charge is 0.122 e. The van der Waals surface area contributed by atoms with Gasteiger partial charge in [-0.05, 0) is 36.6 Å². The number of benzene rings is 1. The van der Waals surface area contributed by atoms with E-state index >= 15 is 0 Å². The fourth-order valence-electron chi connectivity index (χ4n) is 1.56. The van der Waals surface area contributed by atoms with Gasteiger partial charge in [-0.25, -0.2) is 0 Å². The predicted octanol–water partition coefficient (Wildman–Crippen LogP) is 1.27. The van der Waals surface area contributed by atoms with Crippen LogP contribution in [-0.4, -0.2) is 13.7 Å². The van der Waals surface area contributed by atoms with Gasteiger partial charge in [-0.15, -0.1) is 0 Å². The summed E-state index contributed by atoms with van der Waals surface area (Å²) in [7, 11) is 1.67. The first-order chi connectivity index (χ1) is 6.60. The van der Waals surface area contributed by atoms with Crippen LogP contribution < -0.4 is 16.2 Å². The normalized spacial score (nSPS) is 12.6. The summed E-state index contributed by atoms with van der Waals surface area (Å²) in [6.45, 7) is 4.49. The van der Waals surface area contributed by atoms with Gasteiger partial charge in [0, 0.05) is 12.6 Å². The molecule has 1 aromatic rings. The number of hydrogen-bond donors (Lipinski definition) is 2. The van der Waals surface area contributed by atoms with Gasteiger partial charge in [0.25, 0.3) is 0 Å². The van der Waals surface area contributed by atoms with E-state index < -0.39 is 0 Å². The van der Waals surface area contributed by atoms with E-state index in [1.54, 1.807) is 7.11 Å². The Morgan fingerprint density at radius 1 is 1.29 bits per heavy atom. The monoisotopic (exact) mass is 194 g/mol. The molecule has 0 saturated heterocycles. The Balaban J connectivity index is 3.14. The average Bonchev–Trinajstić information content (AvgIpc) is 2.19. The molecule has 1 aromatic carbocycles. The van der Waals surface area contributed by atoms with Crippen molar-refractivity contribution in [3.05, 3.63) is 28.8 Å². The molecule has 0 unspecified atom stereocenters. The van der Waals surface area contributed by atoms with Gasteiger partial charge >= 0.3 is 0 Å². The molecule has 0 amide bonds. The fraction of sp³-hybridized carbons (Fsp3) is 0.455. The third-order valence-electron chi connectivity index (χ3n) is 2.44. The Kier molecular flexibility index (Phi) is 3.49. The first kappa shape index (κ1) is 11.0. The molecule has 0 radical (unpaired) electrons. The summed E-state index contributed by atoms with van der Waals surface area (Å²) in [5.41, 5.74) is 14.8. The molecule has 3 nitrogen and oxygen atoms in total. The molecule has 0 bridgehead atoms. The standard InChI is InChI=1S/C11H18N2O/c1-7-5-11(14-3)8(2)4-9(7)10(13)6-12/h4-5,10H,6,12-13H2,1-3H3/t10-/m1/s1. The summed E-state index contributed by atoms with van der Waals surface area (Å²) < 4.78 is 5.22. The van der Waals surface area contributed by atoms with E-state index in [4.69, 9.17) is 16.2 Å². The summed E-state index contributed by atoms with van der Waals surface area (Å²) in [6, 6.07) is 3.96. The molecule has 0 spiro atoms. The first-order valence-corrected chi connectivity index (χ1v) is 4.71. The van der Waals surface area contributed by atoms with E-state index in [0.717, 1.165) is 22.4 Å². The molecule has 0 aliphatic carbocycles. The van der Waals surface area contributed by atoms with Crippen LogP contribution in [0.15, 0.2) is 12.1 Å². The Bertz CT molecular complexity index is 323. The molecule has 3 heteroatoms. The van der Waals surface area contributed by atoms with Crippen molar-refractivity contribution >= 4 is 0 Å². The average molecular weight is 194 g/mol. The molecule has 0 heterocycles. The zero-order valence-electron chi connectivity index (χ0n) is 9.00. The molecular formula is C11H18N2O. The van der Waals surface area contributed by atoms with Gasteiger partial charge in [0.15, 0.2) is 0 Å². The van der Waals surface area contributed by atoms with Gasteiger partial charge in [-0.1, -0.05) is 6.07 Å². The summed E-state index contributed by atoms with van der Waals surface area (Å²) in [5, 5.41) is 0. The van der Waals surface area contributed by atoms with Crippen LogP contribution in [0.5, 0.6) is 5.75 Å². The van der Waals surface area contributed by atoms with E-state index in [2.05, 4.69) is 0 Å². The quantitative estimate of drug-likeness (QED) is 0.761. The second kappa shape index (κ2) is 4.44. The van der Waals surface area contributed by atoms with Crippen molar-refractivity contribution < 1.29 is 4.74 Å². The predicted molar refractivity (Wildman–Crippen MR) is 58.5 cm³/mol. The van der Waals surface area contributed by atoms with E-state index in [1.165, 1.54) is 0 Å². The molecular weight excluding hydrogens is 176 g/mol. The van der Waals surface area contributed by atoms with Crippen LogP contribution in [0.1, 0.15) is 22.7 Å². The van der Waals surface area contributed by atoms with Crippen molar-refractivity contribution in [2.24, 2.45) is 11.5 Å². The van der Waals surface area contributed by atoms with E-state index in [9.17, 15) is 0 Å². The van der Waals surface area contributed by atoms with Crippen LogP contribution in [0.3, 0.4) is 0 Å².